The zero-order valence-corrected chi connectivity index (χ0v) is 24.2. The molecule has 1 fully saturated rings. The van der Waals surface area contributed by atoms with Crippen molar-refractivity contribution in [3.8, 4) is 0 Å². The topological polar surface area (TPSA) is 71.5 Å². The molecule has 0 bridgehead atoms. The van der Waals surface area contributed by atoms with E-state index < -0.39 is 84.1 Å². The Hall–Kier alpha value is -3.30. The number of nitrogens with one attached hydrogen (secondary N) is 1. The first-order chi connectivity index (χ1) is 21.3. The largest absolute Gasteiger partial charge is 0.460 e. The lowest BCUT2D eigenvalue weighted by atomic mass is 9.87. The zero-order chi connectivity index (χ0) is 37.6. The first kappa shape index (κ1) is 40.9. The Morgan fingerprint density at radius 1 is 0.750 bits per heavy atom. The quantitative estimate of drug-likeness (QED) is 0.210. The third-order valence-corrected chi connectivity index (χ3v) is 7.20. The zero-order valence-electron chi connectivity index (χ0n) is 24.2. The molecule has 1 aromatic heterocycles. The molecule has 23 heteroatoms. The van der Waals surface area contributed by atoms with Crippen LogP contribution in [0, 0.1) is 0 Å². The molecule has 0 aliphatic carbocycles. The van der Waals surface area contributed by atoms with Crippen molar-refractivity contribution in [2.24, 2.45) is 0 Å². The lowest BCUT2D eigenvalue weighted by Crippen LogP contribution is -2.74. The summed E-state index contributed by atoms with van der Waals surface area (Å²) >= 11 is 0. The van der Waals surface area contributed by atoms with E-state index in [0.29, 0.717) is 19.4 Å². The van der Waals surface area contributed by atoms with Gasteiger partial charge in [-0.1, -0.05) is 0 Å². The monoisotopic (exact) mass is 737 g/mol. The highest BCUT2D eigenvalue weighted by molar-refractivity contribution is 5.86. The molecule has 6 nitrogen and oxygen atoms in total. The van der Waals surface area contributed by atoms with Crippen LogP contribution in [0.1, 0.15) is 45.1 Å². The molecule has 0 saturated carbocycles. The fraction of sp³-hybridized carbons (Fsp3) is 0.720. The maximum Gasteiger partial charge on any atom is 0.460 e. The van der Waals surface area contributed by atoms with Gasteiger partial charge in [0.25, 0.3) is 0 Å². The third kappa shape index (κ3) is 7.04. The van der Waals surface area contributed by atoms with Gasteiger partial charge >= 0.3 is 53.7 Å². The summed E-state index contributed by atoms with van der Waals surface area (Å²) in [4.78, 5) is 29.8. The van der Waals surface area contributed by atoms with E-state index in [-0.39, 0.29) is 25.9 Å². The van der Waals surface area contributed by atoms with Crippen molar-refractivity contribution in [3.63, 3.8) is 0 Å². The smallest absolute Gasteiger partial charge is 0.443 e. The summed E-state index contributed by atoms with van der Waals surface area (Å²) in [5.41, 5.74) is -1.83. The second-order valence-corrected chi connectivity index (χ2v) is 11.2. The minimum absolute atomic E-state index is 0.0342. The lowest BCUT2D eigenvalue weighted by Gasteiger charge is -2.43. The van der Waals surface area contributed by atoms with Gasteiger partial charge in [-0.2, -0.15) is 74.6 Å². The summed E-state index contributed by atoms with van der Waals surface area (Å²) in [7, 11) is 0. The van der Waals surface area contributed by atoms with Gasteiger partial charge in [0.2, 0.25) is 5.91 Å². The molecule has 1 aliphatic heterocycles. The molecule has 1 atom stereocenters. The van der Waals surface area contributed by atoms with E-state index in [9.17, 15) is 84.2 Å². The van der Waals surface area contributed by atoms with Crippen molar-refractivity contribution in [1.82, 2.24) is 15.2 Å². The van der Waals surface area contributed by atoms with Crippen LogP contribution in [0.2, 0.25) is 0 Å². The third-order valence-electron chi connectivity index (χ3n) is 7.20. The van der Waals surface area contributed by atoms with E-state index in [4.69, 9.17) is 4.74 Å². The van der Waals surface area contributed by atoms with E-state index in [1.54, 1.807) is 0 Å². The SMILES string of the molecule is CC(C)(CCC(F)(F)C(F)(F)C(F)(F)C(F)(F)C(F)(F)C(F)(F)C(F)(F)C(F)(F)F)OC(=O)N1CCC[C@H]1C(=O)NCc1ccncc1. The van der Waals surface area contributed by atoms with Crippen molar-refractivity contribution in [2.45, 2.75) is 105 Å². The van der Waals surface area contributed by atoms with Crippen molar-refractivity contribution in [1.29, 1.82) is 0 Å². The van der Waals surface area contributed by atoms with Gasteiger partial charge in [0.15, 0.2) is 0 Å². The second kappa shape index (κ2) is 12.9. The maximum atomic E-state index is 14.4. The summed E-state index contributed by atoms with van der Waals surface area (Å²) in [6.45, 7) is 1.17. The highest BCUT2D eigenvalue weighted by Gasteiger charge is 2.95. The number of halogens is 17. The fourth-order valence-corrected chi connectivity index (χ4v) is 4.22. The number of aromatic nitrogens is 1. The minimum Gasteiger partial charge on any atom is -0.443 e. The van der Waals surface area contributed by atoms with E-state index >= 15 is 0 Å². The number of hydrogen-bond acceptors (Lipinski definition) is 4. The van der Waals surface area contributed by atoms with E-state index in [1.807, 2.05) is 0 Å². The average molecular weight is 737 g/mol. The van der Waals surface area contributed by atoms with E-state index in [2.05, 4.69) is 10.3 Å². The highest BCUT2D eigenvalue weighted by Crippen LogP contribution is 2.64. The number of rotatable bonds is 13. The Morgan fingerprint density at radius 3 is 1.69 bits per heavy atom. The van der Waals surface area contributed by atoms with Gasteiger partial charge in [0.05, 0.1) is 0 Å². The lowest BCUT2D eigenvalue weighted by molar-refractivity contribution is -0.462. The Morgan fingerprint density at radius 2 is 1.21 bits per heavy atom. The van der Waals surface area contributed by atoms with Gasteiger partial charge in [-0.3, -0.25) is 14.7 Å². The van der Waals surface area contributed by atoms with Gasteiger partial charge in [-0.25, -0.2) is 4.79 Å². The molecule has 0 aromatic carbocycles. The summed E-state index contributed by atoms with van der Waals surface area (Å²) in [5, 5.41) is 2.48. The molecule has 48 heavy (non-hydrogen) atoms. The Bertz CT molecular complexity index is 1300. The number of pyridine rings is 1. The number of nitrogens with zero attached hydrogens (tertiary/aromatic N) is 2. The molecule has 2 heterocycles. The molecule has 1 N–H and O–H groups in total. The summed E-state index contributed by atoms with van der Waals surface area (Å²) in [6, 6.07) is 1.85. The van der Waals surface area contributed by atoms with Crippen LogP contribution in [0.5, 0.6) is 0 Å². The molecule has 1 aliphatic rings. The van der Waals surface area contributed by atoms with Crippen LogP contribution in [-0.4, -0.2) is 87.7 Å². The fourth-order valence-electron chi connectivity index (χ4n) is 4.22. The van der Waals surface area contributed by atoms with Crippen molar-refractivity contribution < 1.29 is 89.0 Å². The highest BCUT2D eigenvalue weighted by atomic mass is 19.4. The molecule has 0 radical (unpaired) electrons. The number of ether oxygens (including phenoxy) is 1. The normalized spacial score (nSPS) is 17.8. The van der Waals surface area contributed by atoms with Gasteiger partial charge in [-0.05, 0) is 50.8 Å². The van der Waals surface area contributed by atoms with Gasteiger partial charge in [-0.15, -0.1) is 0 Å². The molecule has 276 valence electrons. The second-order valence-electron chi connectivity index (χ2n) is 11.2. The number of amides is 2. The Balaban J connectivity index is 2.21. The van der Waals surface area contributed by atoms with Crippen LogP contribution in [0.15, 0.2) is 24.5 Å². The number of likely N-dealkylation sites (tertiary alicyclic amines) is 1. The van der Waals surface area contributed by atoms with Crippen LogP contribution in [0.25, 0.3) is 0 Å². The summed E-state index contributed by atoms with van der Waals surface area (Å²) in [5.74, 6) is -57.8. The minimum atomic E-state index is -8.71. The number of hydrogen-bond donors (Lipinski definition) is 1. The van der Waals surface area contributed by atoms with Crippen molar-refractivity contribution in [2.75, 3.05) is 6.54 Å². The maximum absolute atomic E-state index is 14.4. The molecular formula is C25H24F17N3O3. The van der Waals surface area contributed by atoms with Crippen LogP contribution in [-0.2, 0) is 16.1 Å². The summed E-state index contributed by atoms with van der Waals surface area (Å²) < 4.78 is 235. The Labute approximate surface area is 259 Å². The molecule has 1 aromatic rings. The van der Waals surface area contributed by atoms with Gasteiger partial charge in [0.1, 0.15) is 11.6 Å². The molecule has 2 amide bonds. The molecule has 2 rings (SSSR count). The van der Waals surface area contributed by atoms with Crippen LogP contribution in [0.4, 0.5) is 79.4 Å². The Kier molecular flexibility index (Phi) is 11.0. The molecule has 1 saturated heterocycles. The van der Waals surface area contributed by atoms with Crippen molar-refractivity contribution >= 4 is 12.0 Å². The number of carbonyl (C=O) groups excluding carboxylic acids is 2. The number of alkyl halides is 17. The van der Waals surface area contributed by atoms with Crippen LogP contribution in [0.3, 0.4) is 0 Å². The average Bonchev–Trinajstić information content (AvgIpc) is 3.45. The van der Waals surface area contributed by atoms with Crippen LogP contribution < -0.4 is 5.32 Å². The molecule has 0 unspecified atom stereocenters. The molecule has 0 spiro atoms. The van der Waals surface area contributed by atoms with Gasteiger partial charge < -0.3 is 10.1 Å². The predicted molar refractivity (Wildman–Crippen MR) is 126 cm³/mol. The molecular weight excluding hydrogens is 713 g/mol. The first-order valence-electron chi connectivity index (χ1n) is 13.2. The van der Waals surface area contributed by atoms with Gasteiger partial charge in [0, 0.05) is 31.9 Å². The first-order valence-corrected chi connectivity index (χ1v) is 13.2. The van der Waals surface area contributed by atoms with E-state index in [1.165, 1.54) is 24.5 Å². The van der Waals surface area contributed by atoms with Crippen molar-refractivity contribution in [3.05, 3.63) is 30.1 Å². The number of carbonyl (C=O) groups is 2. The standard InChI is InChI=1S/C25H24F17N3O3/c1-17(2,48-16(47)45-11-3-4-14(45)15(46)44-12-13-5-9-43-10-6-13)7-8-18(26,27)19(28,29)20(30,31)21(32,33)22(34,35)23(36,37)24(38,39)25(40,41)42/h5-6,9-10,14H,3-4,7-8,11-12H2,1-2H3,(H,44,46)/t14-/m0/s1. The summed E-state index contributed by atoms with van der Waals surface area (Å²) in [6.07, 6.45) is -10.7. The predicted octanol–water partition coefficient (Wildman–Crippen LogP) is 7.87. The van der Waals surface area contributed by atoms with E-state index in [0.717, 1.165) is 4.90 Å². The van der Waals surface area contributed by atoms with Crippen LogP contribution >= 0.6 is 0 Å².